The Hall–Kier alpha value is -2.29. The van der Waals surface area contributed by atoms with Crippen LogP contribution in [0.1, 0.15) is 87.1 Å². The van der Waals surface area contributed by atoms with Crippen LogP contribution in [-0.4, -0.2) is 19.2 Å². The summed E-state index contributed by atoms with van der Waals surface area (Å²) in [4.78, 5) is 12.1. The summed E-state index contributed by atoms with van der Waals surface area (Å²) in [6.45, 7) is 2.86. The van der Waals surface area contributed by atoms with Gasteiger partial charge in [0.05, 0.1) is 5.56 Å². The molecule has 0 amide bonds. The molecule has 0 radical (unpaired) electrons. The lowest BCUT2D eigenvalue weighted by molar-refractivity contribution is 0.0450. The molecule has 0 heterocycles. The molecule has 0 aliphatic carbocycles. The maximum atomic E-state index is 12.1. The fraction of sp³-hybridized carbons (Fsp3) is 0.519. The zero-order valence-corrected chi connectivity index (χ0v) is 18.6. The molecule has 164 valence electrons. The van der Waals surface area contributed by atoms with E-state index in [1.54, 1.807) is 0 Å². The van der Waals surface area contributed by atoms with Gasteiger partial charge in [-0.3, -0.25) is 0 Å². The highest BCUT2D eigenvalue weighted by Gasteiger charge is 2.07. The molecule has 0 unspecified atom stereocenters. The Morgan fingerprint density at radius 3 is 1.93 bits per heavy atom. The molecule has 2 rings (SSSR count). The lowest BCUT2D eigenvalue weighted by atomic mass is 10.0. The smallest absolute Gasteiger partial charge is 0.338 e. The summed E-state index contributed by atoms with van der Waals surface area (Å²) >= 11 is 0. The maximum absolute atomic E-state index is 12.1. The molecule has 0 saturated carbocycles. The molecular formula is C27H38O3. The van der Waals surface area contributed by atoms with Crippen LogP contribution in [0.3, 0.4) is 0 Å². The lowest BCUT2D eigenvalue weighted by Crippen LogP contribution is -2.12. The zero-order valence-electron chi connectivity index (χ0n) is 18.6. The van der Waals surface area contributed by atoms with Gasteiger partial charge < -0.3 is 9.47 Å². The molecule has 0 N–H and O–H groups in total. The van der Waals surface area contributed by atoms with E-state index in [0.717, 1.165) is 12.2 Å². The van der Waals surface area contributed by atoms with E-state index >= 15 is 0 Å². The molecular weight excluding hydrogens is 372 g/mol. The Labute approximate surface area is 182 Å². The first-order valence-corrected chi connectivity index (χ1v) is 11.7. The molecule has 0 aromatic heterocycles. The van der Waals surface area contributed by atoms with Crippen molar-refractivity contribution < 1.29 is 14.3 Å². The number of hydrogen-bond acceptors (Lipinski definition) is 3. The molecule has 0 bridgehead atoms. The third kappa shape index (κ3) is 10.5. The molecule has 3 nitrogen and oxygen atoms in total. The second-order valence-electron chi connectivity index (χ2n) is 7.93. The third-order valence-corrected chi connectivity index (χ3v) is 5.34. The fourth-order valence-corrected chi connectivity index (χ4v) is 3.52. The molecule has 0 saturated heterocycles. The SMILES string of the molecule is CCCCCCCCCCCCc1ccc(C(=O)OCCOc2ccccc2)cc1. The van der Waals surface area contributed by atoms with Crippen molar-refractivity contribution in [2.75, 3.05) is 13.2 Å². The first-order chi connectivity index (χ1) is 14.8. The first-order valence-electron chi connectivity index (χ1n) is 11.7. The van der Waals surface area contributed by atoms with Crippen LogP contribution in [0.2, 0.25) is 0 Å². The van der Waals surface area contributed by atoms with E-state index < -0.39 is 0 Å². The molecule has 0 fully saturated rings. The van der Waals surface area contributed by atoms with Gasteiger partial charge in [0.1, 0.15) is 19.0 Å². The van der Waals surface area contributed by atoms with Crippen LogP contribution >= 0.6 is 0 Å². The fourth-order valence-electron chi connectivity index (χ4n) is 3.52. The predicted octanol–water partition coefficient (Wildman–Crippen LogP) is 7.39. The average Bonchev–Trinajstić information content (AvgIpc) is 2.79. The van der Waals surface area contributed by atoms with Crippen molar-refractivity contribution in [3.8, 4) is 5.75 Å². The van der Waals surface area contributed by atoms with Gasteiger partial charge in [-0.15, -0.1) is 0 Å². The van der Waals surface area contributed by atoms with Crippen molar-refractivity contribution in [2.24, 2.45) is 0 Å². The summed E-state index contributed by atoms with van der Waals surface area (Å²) in [5.74, 6) is 0.488. The van der Waals surface area contributed by atoms with Crippen LogP contribution in [0.5, 0.6) is 5.75 Å². The highest BCUT2D eigenvalue weighted by atomic mass is 16.6. The number of aryl methyl sites for hydroxylation is 1. The molecule has 0 aliphatic heterocycles. The number of carbonyl (C=O) groups is 1. The van der Waals surface area contributed by atoms with Crippen LogP contribution < -0.4 is 4.74 Å². The minimum Gasteiger partial charge on any atom is -0.490 e. The Kier molecular flexibility index (Phi) is 12.4. The number of esters is 1. The Balaban J connectivity index is 1.52. The second kappa shape index (κ2) is 15.5. The van der Waals surface area contributed by atoms with Gasteiger partial charge in [-0.05, 0) is 42.7 Å². The standard InChI is InChI=1S/C27H38O3/c1-2-3-4-5-6-7-8-9-10-12-15-24-18-20-25(21-19-24)27(28)30-23-22-29-26-16-13-11-14-17-26/h11,13-14,16-21H,2-10,12,15,22-23H2,1H3. The summed E-state index contributed by atoms with van der Waals surface area (Å²) in [6.07, 6.45) is 14.6. The van der Waals surface area contributed by atoms with Crippen molar-refractivity contribution in [1.29, 1.82) is 0 Å². The van der Waals surface area contributed by atoms with Crippen LogP contribution in [-0.2, 0) is 11.2 Å². The Morgan fingerprint density at radius 2 is 1.30 bits per heavy atom. The van der Waals surface area contributed by atoms with Gasteiger partial charge in [-0.2, -0.15) is 0 Å². The van der Waals surface area contributed by atoms with Gasteiger partial charge in [0, 0.05) is 0 Å². The van der Waals surface area contributed by atoms with Crippen molar-refractivity contribution in [1.82, 2.24) is 0 Å². The third-order valence-electron chi connectivity index (χ3n) is 5.34. The van der Waals surface area contributed by atoms with Crippen LogP contribution in [0, 0.1) is 0 Å². The Bertz CT molecular complexity index is 679. The van der Waals surface area contributed by atoms with Crippen molar-refractivity contribution in [3.63, 3.8) is 0 Å². The number of benzene rings is 2. The van der Waals surface area contributed by atoms with E-state index in [4.69, 9.17) is 9.47 Å². The van der Waals surface area contributed by atoms with Gasteiger partial charge in [-0.1, -0.05) is 95.0 Å². The molecule has 0 aliphatic rings. The van der Waals surface area contributed by atoms with Gasteiger partial charge in [0.2, 0.25) is 0 Å². The number of hydrogen-bond donors (Lipinski definition) is 0. The van der Waals surface area contributed by atoms with Gasteiger partial charge >= 0.3 is 5.97 Å². The Morgan fingerprint density at radius 1 is 0.700 bits per heavy atom. The molecule has 2 aromatic carbocycles. The quantitative estimate of drug-likeness (QED) is 0.214. The maximum Gasteiger partial charge on any atom is 0.338 e. The van der Waals surface area contributed by atoms with E-state index in [-0.39, 0.29) is 12.6 Å². The van der Waals surface area contributed by atoms with Crippen molar-refractivity contribution >= 4 is 5.97 Å². The molecule has 2 aromatic rings. The number of rotatable bonds is 16. The van der Waals surface area contributed by atoms with Gasteiger partial charge in [-0.25, -0.2) is 4.79 Å². The summed E-state index contributed by atoms with van der Waals surface area (Å²) < 4.78 is 10.8. The average molecular weight is 411 g/mol. The van der Waals surface area contributed by atoms with E-state index in [2.05, 4.69) is 6.92 Å². The zero-order chi connectivity index (χ0) is 21.3. The molecule has 0 spiro atoms. The summed E-state index contributed by atoms with van der Waals surface area (Å²) in [7, 11) is 0. The van der Waals surface area contributed by atoms with Crippen LogP contribution in [0.25, 0.3) is 0 Å². The topological polar surface area (TPSA) is 35.5 Å². The monoisotopic (exact) mass is 410 g/mol. The summed E-state index contributed by atoms with van der Waals surface area (Å²) in [5.41, 5.74) is 1.89. The minimum atomic E-state index is -0.294. The number of unbranched alkanes of at least 4 members (excludes halogenated alkanes) is 9. The van der Waals surface area contributed by atoms with Crippen LogP contribution in [0.4, 0.5) is 0 Å². The minimum absolute atomic E-state index is 0.244. The summed E-state index contributed by atoms with van der Waals surface area (Å²) in [5, 5.41) is 0. The lowest BCUT2D eigenvalue weighted by Gasteiger charge is -2.08. The van der Waals surface area contributed by atoms with Crippen LogP contribution in [0.15, 0.2) is 54.6 Å². The number of ether oxygens (including phenoxy) is 2. The highest BCUT2D eigenvalue weighted by Crippen LogP contribution is 2.14. The van der Waals surface area contributed by atoms with E-state index in [1.165, 1.54) is 69.8 Å². The van der Waals surface area contributed by atoms with E-state index in [9.17, 15) is 4.79 Å². The first kappa shape index (κ1) is 24.0. The highest BCUT2D eigenvalue weighted by molar-refractivity contribution is 5.89. The largest absolute Gasteiger partial charge is 0.490 e. The molecule has 3 heteroatoms. The molecule has 0 atom stereocenters. The van der Waals surface area contributed by atoms with Crippen molar-refractivity contribution in [3.05, 3.63) is 65.7 Å². The number of para-hydroxylation sites is 1. The van der Waals surface area contributed by atoms with E-state index in [1.807, 2.05) is 54.6 Å². The van der Waals surface area contributed by atoms with Gasteiger partial charge in [0.15, 0.2) is 0 Å². The van der Waals surface area contributed by atoms with E-state index in [0.29, 0.717) is 12.2 Å². The number of carbonyl (C=O) groups excluding carboxylic acids is 1. The normalized spacial score (nSPS) is 10.7. The molecule has 30 heavy (non-hydrogen) atoms. The second-order valence-corrected chi connectivity index (χ2v) is 7.93. The van der Waals surface area contributed by atoms with Crippen molar-refractivity contribution in [2.45, 2.75) is 77.6 Å². The summed E-state index contributed by atoms with van der Waals surface area (Å²) in [6, 6.07) is 17.4. The predicted molar refractivity (Wildman–Crippen MR) is 124 cm³/mol. The van der Waals surface area contributed by atoms with Gasteiger partial charge in [0.25, 0.3) is 0 Å².